The molecule has 0 bridgehead atoms. The molecular weight excluding hydrogens is 238 g/mol. The Morgan fingerprint density at radius 2 is 2.06 bits per heavy atom. The van der Waals surface area contributed by atoms with Gasteiger partial charge in [0.25, 0.3) is 0 Å². The quantitative estimate of drug-likeness (QED) is 0.847. The van der Waals surface area contributed by atoms with E-state index in [9.17, 15) is 9.59 Å². The summed E-state index contributed by atoms with van der Waals surface area (Å²) in [5.41, 5.74) is 0.759. The minimum absolute atomic E-state index is 0.00404. The molecule has 86 valence electrons. The summed E-state index contributed by atoms with van der Waals surface area (Å²) in [5, 5.41) is 8.87. The normalized spacial score (nSPS) is 10.2. The predicted octanol–water partition coefficient (Wildman–Crippen LogP) is 2.71. The number of carbonyl (C=O) groups excluding carboxylic acids is 1. The minimum Gasteiger partial charge on any atom is -0.478 e. The third-order valence-corrected chi connectivity index (χ3v) is 3.42. The molecule has 5 heteroatoms. The second-order valence-corrected chi connectivity index (χ2v) is 4.54. The van der Waals surface area contributed by atoms with Gasteiger partial charge < -0.3 is 5.11 Å². The van der Waals surface area contributed by atoms with Crippen molar-refractivity contribution in [3.05, 3.63) is 40.9 Å². The number of thiophene rings is 1. The summed E-state index contributed by atoms with van der Waals surface area (Å²) in [7, 11) is 0. The number of ketones is 1. The maximum atomic E-state index is 11.2. The van der Waals surface area contributed by atoms with Gasteiger partial charge >= 0.3 is 5.97 Å². The Labute approximate surface area is 102 Å². The Balaban J connectivity index is 2.42. The van der Waals surface area contributed by atoms with E-state index in [-0.39, 0.29) is 11.3 Å². The molecule has 2 aromatic heterocycles. The molecule has 4 nitrogen and oxygen atoms in total. The predicted molar refractivity (Wildman–Crippen MR) is 64.5 cm³/mol. The lowest BCUT2D eigenvalue weighted by Crippen LogP contribution is -1.96. The number of Topliss-reactive ketones (excluding diaryl/α,β-unsaturated/α-hetero) is 1. The third-order valence-electron chi connectivity index (χ3n) is 2.21. The van der Waals surface area contributed by atoms with Gasteiger partial charge in [-0.25, -0.2) is 4.79 Å². The van der Waals surface area contributed by atoms with Crippen LogP contribution in [0.1, 0.15) is 27.0 Å². The van der Waals surface area contributed by atoms with Crippen LogP contribution in [0.4, 0.5) is 0 Å². The molecule has 1 N–H and O–H groups in total. The highest BCUT2D eigenvalue weighted by atomic mass is 32.1. The van der Waals surface area contributed by atoms with Crippen LogP contribution in [0.5, 0.6) is 0 Å². The number of rotatable bonds is 3. The second kappa shape index (κ2) is 4.47. The Kier molecular flexibility index (Phi) is 3.01. The van der Waals surface area contributed by atoms with Crippen molar-refractivity contribution >= 4 is 23.1 Å². The molecule has 2 aromatic rings. The van der Waals surface area contributed by atoms with Crippen molar-refractivity contribution in [3.63, 3.8) is 0 Å². The second-order valence-electron chi connectivity index (χ2n) is 3.45. The van der Waals surface area contributed by atoms with Crippen LogP contribution in [-0.2, 0) is 0 Å². The van der Waals surface area contributed by atoms with Crippen molar-refractivity contribution < 1.29 is 14.7 Å². The van der Waals surface area contributed by atoms with Gasteiger partial charge in [0.1, 0.15) is 0 Å². The van der Waals surface area contributed by atoms with E-state index in [0.717, 1.165) is 4.88 Å². The van der Waals surface area contributed by atoms with Crippen LogP contribution in [0.25, 0.3) is 10.6 Å². The number of pyridine rings is 1. The molecule has 0 spiro atoms. The first-order valence-corrected chi connectivity index (χ1v) is 5.70. The molecule has 0 saturated heterocycles. The van der Waals surface area contributed by atoms with Crippen LogP contribution in [0.3, 0.4) is 0 Å². The molecule has 0 amide bonds. The fourth-order valence-corrected chi connectivity index (χ4v) is 2.23. The topological polar surface area (TPSA) is 67.3 Å². The van der Waals surface area contributed by atoms with E-state index < -0.39 is 5.97 Å². The zero-order valence-corrected chi connectivity index (χ0v) is 9.82. The number of hydrogen-bond donors (Lipinski definition) is 1. The molecule has 2 rings (SSSR count). The summed E-state index contributed by atoms with van der Waals surface area (Å²) in [4.78, 5) is 27.5. The Morgan fingerprint density at radius 3 is 2.65 bits per heavy atom. The van der Waals surface area contributed by atoms with Gasteiger partial charge in [-0.05, 0) is 31.2 Å². The number of carbonyl (C=O) groups is 2. The highest BCUT2D eigenvalue weighted by molar-refractivity contribution is 7.17. The number of aromatic nitrogens is 1. The summed E-state index contributed by atoms with van der Waals surface area (Å²) in [6.45, 7) is 1.50. The van der Waals surface area contributed by atoms with Crippen molar-refractivity contribution in [2.75, 3.05) is 0 Å². The van der Waals surface area contributed by atoms with Crippen molar-refractivity contribution in [2.24, 2.45) is 0 Å². The molecule has 0 fully saturated rings. The van der Waals surface area contributed by atoms with E-state index in [2.05, 4.69) is 4.98 Å². The van der Waals surface area contributed by atoms with Gasteiger partial charge in [-0.2, -0.15) is 0 Å². The van der Waals surface area contributed by atoms with Crippen LogP contribution in [-0.4, -0.2) is 21.8 Å². The first kappa shape index (κ1) is 11.5. The summed E-state index contributed by atoms with van der Waals surface area (Å²) in [5.74, 6) is -0.993. The minimum atomic E-state index is -0.989. The van der Waals surface area contributed by atoms with E-state index in [1.54, 1.807) is 12.1 Å². The van der Waals surface area contributed by atoms with E-state index in [0.29, 0.717) is 10.6 Å². The zero-order valence-electron chi connectivity index (χ0n) is 9.01. The molecule has 0 atom stereocenters. The van der Waals surface area contributed by atoms with Crippen LogP contribution >= 0.6 is 11.3 Å². The average molecular weight is 247 g/mol. The largest absolute Gasteiger partial charge is 0.478 e. The van der Waals surface area contributed by atoms with Crippen molar-refractivity contribution in [1.29, 1.82) is 0 Å². The zero-order chi connectivity index (χ0) is 12.4. The van der Waals surface area contributed by atoms with E-state index in [1.807, 2.05) is 0 Å². The lowest BCUT2D eigenvalue weighted by Gasteiger charge is -1.98. The van der Waals surface area contributed by atoms with Gasteiger partial charge in [-0.3, -0.25) is 9.78 Å². The standard InChI is InChI=1S/C12H9NO3S/c1-7(14)10-2-3-11(17-10)9-6-8(12(15)16)4-5-13-9/h2-6H,1H3,(H,15,16). The molecule has 0 aliphatic carbocycles. The number of carboxylic acid groups (broad SMARTS) is 1. The van der Waals surface area contributed by atoms with Crippen molar-refractivity contribution in [2.45, 2.75) is 6.92 Å². The van der Waals surface area contributed by atoms with Crippen molar-refractivity contribution in [1.82, 2.24) is 4.98 Å². The fraction of sp³-hybridized carbons (Fsp3) is 0.0833. The van der Waals surface area contributed by atoms with Gasteiger partial charge in [0.05, 0.1) is 21.0 Å². The first-order chi connectivity index (χ1) is 8.08. The van der Waals surface area contributed by atoms with Gasteiger partial charge in [0, 0.05) is 6.20 Å². The molecule has 0 aromatic carbocycles. The number of hydrogen-bond acceptors (Lipinski definition) is 4. The number of nitrogens with zero attached hydrogens (tertiary/aromatic N) is 1. The molecule has 2 heterocycles. The third kappa shape index (κ3) is 2.39. The van der Waals surface area contributed by atoms with Crippen molar-refractivity contribution in [3.8, 4) is 10.6 Å². The van der Waals surface area contributed by atoms with Gasteiger partial charge in [-0.1, -0.05) is 0 Å². The summed E-state index contributed by atoms with van der Waals surface area (Å²) in [6.07, 6.45) is 1.45. The van der Waals surface area contributed by atoms with Gasteiger partial charge in [0.15, 0.2) is 5.78 Å². The number of aromatic carboxylic acids is 1. The SMILES string of the molecule is CC(=O)c1ccc(-c2cc(C(=O)O)ccn2)s1. The summed E-state index contributed by atoms with van der Waals surface area (Å²) in [6, 6.07) is 6.43. The summed E-state index contributed by atoms with van der Waals surface area (Å²) < 4.78 is 0. The van der Waals surface area contributed by atoms with Crippen LogP contribution in [0.15, 0.2) is 30.5 Å². The smallest absolute Gasteiger partial charge is 0.335 e. The molecule has 17 heavy (non-hydrogen) atoms. The van der Waals surface area contributed by atoms with Crippen LogP contribution in [0.2, 0.25) is 0 Å². The van der Waals surface area contributed by atoms with Gasteiger partial charge in [-0.15, -0.1) is 11.3 Å². The summed E-state index contributed by atoms with van der Waals surface area (Å²) >= 11 is 1.31. The van der Waals surface area contributed by atoms with Crippen LogP contribution in [0, 0.1) is 0 Å². The molecule has 0 aliphatic rings. The lowest BCUT2D eigenvalue weighted by molar-refractivity contribution is 0.0696. The van der Waals surface area contributed by atoms with E-state index >= 15 is 0 Å². The molecule has 0 radical (unpaired) electrons. The number of carboxylic acids is 1. The maximum absolute atomic E-state index is 11.2. The van der Waals surface area contributed by atoms with Gasteiger partial charge in [0.2, 0.25) is 0 Å². The molecule has 0 aliphatic heterocycles. The molecule has 0 unspecified atom stereocenters. The van der Waals surface area contributed by atoms with E-state index in [1.165, 1.54) is 36.6 Å². The first-order valence-electron chi connectivity index (χ1n) is 4.88. The molecule has 0 saturated carbocycles. The lowest BCUT2D eigenvalue weighted by atomic mass is 10.2. The fourth-order valence-electron chi connectivity index (χ4n) is 1.36. The Bertz CT molecular complexity index is 589. The van der Waals surface area contributed by atoms with Crippen LogP contribution < -0.4 is 0 Å². The monoisotopic (exact) mass is 247 g/mol. The average Bonchev–Trinajstić information content (AvgIpc) is 2.78. The highest BCUT2D eigenvalue weighted by Gasteiger charge is 2.09. The Morgan fingerprint density at radius 1 is 1.29 bits per heavy atom. The maximum Gasteiger partial charge on any atom is 0.335 e. The highest BCUT2D eigenvalue weighted by Crippen LogP contribution is 2.27. The Hall–Kier alpha value is -2.01. The molecular formula is C12H9NO3S. The van der Waals surface area contributed by atoms with E-state index in [4.69, 9.17) is 5.11 Å².